The summed E-state index contributed by atoms with van der Waals surface area (Å²) in [6.07, 6.45) is 0.564. The highest BCUT2D eigenvalue weighted by atomic mass is 19.1. The van der Waals surface area contributed by atoms with Gasteiger partial charge < -0.3 is 19.5 Å². The zero-order chi connectivity index (χ0) is 17.2. The number of benzene rings is 2. The number of rotatable bonds is 9. The monoisotopic (exact) mass is 333 g/mol. The predicted molar refractivity (Wildman–Crippen MR) is 88.0 cm³/mol. The molecule has 5 nitrogen and oxygen atoms in total. The van der Waals surface area contributed by atoms with E-state index >= 15 is 0 Å². The summed E-state index contributed by atoms with van der Waals surface area (Å²) < 4.78 is 29.2. The van der Waals surface area contributed by atoms with Crippen LogP contribution < -0.4 is 19.5 Å². The minimum absolute atomic E-state index is 0.103. The van der Waals surface area contributed by atoms with Crippen LogP contribution in [0.15, 0.2) is 48.5 Å². The van der Waals surface area contributed by atoms with Crippen LogP contribution in [0.2, 0.25) is 0 Å². The molecule has 2 rings (SSSR count). The largest absolute Gasteiger partial charge is 0.493 e. The van der Waals surface area contributed by atoms with Gasteiger partial charge in [0.1, 0.15) is 0 Å². The van der Waals surface area contributed by atoms with Crippen molar-refractivity contribution in [1.82, 2.24) is 5.32 Å². The average Bonchev–Trinajstić information content (AvgIpc) is 2.61. The molecule has 0 atom stereocenters. The van der Waals surface area contributed by atoms with Crippen molar-refractivity contribution in [3.63, 3.8) is 0 Å². The zero-order valence-electron chi connectivity index (χ0n) is 13.5. The maximum absolute atomic E-state index is 13.3. The van der Waals surface area contributed by atoms with Crippen molar-refractivity contribution < 1.29 is 23.4 Å². The molecule has 0 aromatic heterocycles. The third-order valence-corrected chi connectivity index (χ3v) is 3.17. The second-order valence-electron chi connectivity index (χ2n) is 4.92. The highest BCUT2D eigenvalue weighted by Crippen LogP contribution is 2.25. The Labute approximate surface area is 140 Å². The Bertz CT molecular complexity index is 663. The standard InChI is InChI=1S/C18H20FNO4/c1-22-16-9-4-5-10-17(16)24-13-18(21)20-11-6-12-23-15-8-3-2-7-14(15)19/h2-5,7-10H,6,11-13H2,1H3,(H,20,21). The van der Waals surface area contributed by atoms with Crippen molar-refractivity contribution in [1.29, 1.82) is 0 Å². The van der Waals surface area contributed by atoms with Gasteiger partial charge >= 0.3 is 0 Å². The maximum Gasteiger partial charge on any atom is 0.257 e. The van der Waals surface area contributed by atoms with E-state index in [0.29, 0.717) is 31.1 Å². The Morgan fingerprint density at radius 3 is 2.38 bits per heavy atom. The summed E-state index contributed by atoms with van der Waals surface area (Å²) in [4.78, 5) is 11.7. The van der Waals surface area contributed by atoms with Crippen LogP contribution in [0.1, 0.15) is 6.42 Å². The Morgan fingerprint density at radius 2 is 1.67 bits per heavy atom. The maximum atomic E-state index is 13.3. The van der Waals surface area contributed by atoms with E-state index in [1.165, 1.54) is 13.2 Å². The molecular formula is C18H20FNO4. The van der Waals surface area contributed by atoms with Crippen molar-refractivity contribution in [2.75, 3.05) is 26.9 Å². The van der Waals surface area contributed by atoms with Gasteiger partial charge in [-0.05, 0) is 30.7 Å². The van der Waals surface area contributed by atoms with E-state index in [1.807, 2.05) is 6.07 Å². The second-order valence-corrected chi connectivity index (χ2v) is 4.92. The first-order chi connectivity index (χ1) is 11.7. The molecule has 0 unspecified atom stereocenters. The van der Waals surface area contributed by atoms with Crippen molar-refractivity contribution in [2.24, 2.45) is 0 Å². The number of para-hydroxylation sites is 3. The fourth-order valence-electron chi connectivity index (χ4n) is 1.98. The van der Waals surface area contributed by atoms with Crippen LogP contribution in [-0.4, -0.2) is 32.8 Å². The van der Waals surface area contributed by atoms with Crippen molar-refractivity contribution in [3.05, 3.63) is 54.3 Å². The molecule has 2 aromatic rings. The van der Waals surface area contributed by atoms with E-state index in [4.69, 9.17) is 14.2 Å². The molecule has 0 fully saturated rings. The SMILES string of the molecule is COc1ccccc1OCC(=O)NCCCOc1ccccc1F. The number of hydrogen-bond donors (Lipinski definition) is 1. The highest BCUT2D eigenvalue weighted by Gasteiger charge is 2.06. The molecule has 0 bridgehead atoms. The third kappa shape index (κ3) is 5.46. The van der Waals surface area contributed by atoms with Crippen LogP contribution in [0.25, 0.3) is 0 Å². The fourth-order valence-corrected chi connectivity index (χ4v) is 1.98. The van der Waals surface area contributed by atoms with Crippen molar-refractivity contribution >= 4 is 5.91 Å². The molecule has 0 spiro atoms. The second kappa shape index (κ2) is 9.39. The predicted octanol–water partition coefficient (Wildman–Crippen LogP) is 2.80. The van der Waals surface area contributed by atoms with Crippen molar-refractivity contribution in [2.45, 2.75) is 6.42 Å². The molecule has 0 aliphatic heterocycles. The summed E-state index contributed by atoms with van der Waals surface area (Å²) in [6.45, 7) is 0.631. The number of amides is 1. The van der Waals surface area contributed by atoms with Crippen molar-refractivity contribution in [3.8, 4) is 17.2 Å². The van der Waals surface area contributed by atoms with E-state index in [0.717, 1.165) is 0 Å². The van der Waals surface area contributed by atoms with Crippen LogP contribution in [0.4, 0.5) is 4.39 Å². The molecule has 1 N–H and O–H groups in total. The van der Waals surface area contributed by atoms with Gasteiger partial charge in [-0.15, -0.1) is 0 Å². The lowest BCUT2D eigenvalue weighted by Gasteiger charge is -2.11. The van der Waals surface area contributed by atoms with Gasteiger partial charge in [0.2, 0.25) is 0 Å². The Kier molecular flexibility index (Phi) is 6.89. The van der Waals surface area contributed by atoms with Gasteiger partial charge in [0.25, 0.3) is 5.91 Å². The van der Waals surface area contributed by atoms with Gasteiger partial charge in [-0.1, -0.05) is 24.3 Å². The van der Waals surface area contributed by atoms with Crippen LogP contribution in [0.3, 0.4) is 0 Å². The summed E-state index contributed by atoms with van der Waals surface area (Å²) in [5.41, 5.74) is 0. The van der Waals surface area contributed by atoms with Gasteiger partial charge in [0.05, 0.1) is 13.7 Å². The van der Waals surface area contributed by atoms with Gasteiger partial charge in [0, 0.05) is 6.54 Å². The molecule has 0 saturated carbocycles. The van der Waals surface area contributed by atoms with Gasteiger partial charge in [-0.2, -0.15) is 0 Å². The number of halogens is 1. The number of carbonyl (C=O) groups is 1. The number of hydrogen-bond acceptors (Lipinski definition) is 4. The van der Waals surface area contributed by atoms with Crippen LogP contribution in [-0.2, 0) is 4.79 Å². The lowest BCUT2D eigenvalue weighted by Crippen LogP contribution is -2.30. The van der Waals surface area contributed by atoms with Gasteiger partial charge in [-0.25, -0.2) is 4.39 Å². The number of nitrogens with one attached hydrogen (secondary N) is 1. The van der Waals surface area contributed by atoms with E-state index in [9.17, 15) is 9.18 Å². The normalized spacial score (nSPS) is 10.1. The molecule has 0 heterocycles. The van der Waals surface area contributed by atoms with Crippen LogP contribution >= 0.6 is 0 Å². The minimum atomic E-state index is -0.397. The molecule has 0 aliphatic rings. The van der Waals surface area contributed by atoms with Crippen LogP contribution in [0, 0.1) is 5.82 Å². The summed E-state index contributed by atoms with van der Waals surface area (Å²) >= 11 is 0. The minimum Gasteiger partial charge on any atom is -0.493 e. The summed E-state index contributed by atoms with van der Waals surface area (Å²) in [7, 11) is 1.54. The molecule has 128 valence electrons. The van der Waals surface area contributed by atoms with E-state index in [1.54, 1.807) is 36.4 Å². The number of carbonyl (C=O) groups excluding carboxylic acids is 1. The first kappa shape index (κ1) is 17.6. The lowest BCUT2D eigenvalue weighted by molar-refractivity contribution is -0.123. The fraction of sp³-hybridized carbons (Fsp3) is 0.278. The molecule has 2 aromatic carbocycles. The summed E-state index contributed by atoms with van der Waals surface area (Å²) in [5, 5.41) is 2.71. The van der Waals surface area contributed by atoms with Crippen LogP contribution in [0.5, 0.6) is 17.2 Å². The lowest BCUT2D eigenvalue weighted by atomic mass is 10.3. The average molecular weight is 333 g/mol. The zero-order valence-corrected chi connectivity index (χ0v) is 13.5. The molecule has 1 amide bonds. The third-order valence-electron chi connectivity index (χ3n) is 3.17. The Morgan fingerprint density at radius 1 is 1.00 bits per heavy atom. The first-order valence-electron chi connectivity index (χ1n) is 7.60. The Hall–Kier alpha value is -2.76. The molecular weight excluding hydrogens is 313 g/mol. The highest BCUT2D eigenvalue weighted by molar-refractivity contribution is 5.77. The molecule has 6 heteroatoms. The summed E-state index contributed by atoms with van der Waals surface area (Å²) in [6, 6.07) is 13.3. The first-order valence-corrected chi connectivity index (χ1v) is 7.60. The quantitative estimate of drug-likeness (QED) is 0.717. The smallest absolute Gasteiger partial charge is 0.257 e. The van der Waals surface area contributed by atoms with E-state index in [-0.39, 0.29) is 18.3 Å². The topological polar surface area (TPSA) is 56.8 Å². The van der Waals surface area contributed by atoms with Gasteiger partial charge in [-0.3, -0.25) is 4.79 Å². The summed E-state index contributed by atoms with van der Waals surface area (Å²) in [5.74, 6) is 0.656. The molecule has 24 heavy (non-hydrogen) atoms. The Balaban J connectivity index is 1.62. The number of ether oxygens (including phenoxy) is 3. The molecule has 0 aliphatic carbocycles. The molecule has 0 saturated heterocycles. The van der Waals surface area contributed by atoms with Gasteiger partial charge in [0.15, 0.2) is 29.7 Å². The number of methoxy groups -OCH3 is 1. The van der Waals surface area contributed by atoms with E-state index in [2.05, 4.69) is 5.32 Å². The van der Waals surface area contributed by atoms with E-state index < -0.39 is 5.82 Å². The molecule has 0 radical (unpaired) electrons.